The zero-order valence-corrected chi connectivity index (χ0v) is 10.1. The van der Waals surface area contributed by atoms with Crippen molar-refractivity contribution >= 4 is 0 Å². The monoisotopic (exact) mass is 246 g/mol. The van der Waals surface area contributed by atoms with Crippen molar-refractivity contribution in [1.29, 1.82) is 0 Å². The quantitative estimate of drug-likeness (QED) is 0.898. The van der Waals surface area contributed by atoms with Crippen LogP contribution in [0.25, 0.3) is 0 Å². The van der Waals surface area contributed by atoms with Crippen LogP contribution >= 0.6 is 0 Å². The molecular formula is C15H15FO2. The van der Waals surface area contributed by atoms with Gasteiger partial charge in [-0.15, -0.1) is 0 Å². The summed E-state index contributed by atoms with van der Waals surface area (Å²) in [6, 6.07) is 13.5. The van der Waals surface area contributed by atoms with Crippen LogP contribution in [-0.2, 0) is 6.42 Å². The van der Waals surface area contributed by atoms with Crippen LogP contribution in [0.5, 0.6) is 5.75 Å². The van der Waals surface area contributed by atoms with Crippen molar-refractivity contribution in [2.24, 2.45) is 0 Å². The minimum Gasteiger partial charge on any atom is -0.497 e. The van der Waals surface area contributed by atoms with E-state index in [0.29, 0.717) is 6.42 Å². The Labute approximate surface area is 106 Å². The van der Waals surface area contributed by atoms with Crippen LogP contribution < -0.4 is 4.74 Å². The van der Waals surface area contributed by atoms with E-state index < -0.39 is 6.10 Å². The molecule has 0 aromatic heterocycles. The first kappa shape index (κ1) is 12.6. The number of aliphatic hydroxyl groups is 1. The van der Waals surface area contributed by atoms with Gasteiger partial charge in [-0.25, -0.2) is 4.39 Å². The highest BCUT2D eigenvalue weighted by Crippen LogP contribution is 2.21. The number of hydrogen-bond acceptors (Lipinski definition) is 2. The molecular weight excluding hydrogens is 231 g/mol. The van der Waals surface area contributed by atoms with E-state index in [1.54, 1.807) is 31.4 Å². The summed E-state index contributed by atoms with van der Waals surface area (Å²) in [4.78, 5) is 0. The van der Waals surface area contributed by atoms with Crippen LogP contribution in [0.2, 0.25) is 0 Å². The van der Waals surface area contributed by atoms with Gasteiger partial charge in [-0.05, 0) is 35.4 Å². The van der Waals surface area contributed by atoms with Gasteiger partial charge in [0.25, 0.3) is 0 Å². The number of methoxy groups -OCH3 is 1. The lowest BCUT2D eigenvalue weighted by atomic mass is 10.0. The van der Waals surface area contributed by atoms with Crippen LogP contribution in [-0.4, -0.2) is 12.2 Å². The molecule has 3 heteroatoms. The lowest BCUT2D eigenvalue weighted by Gasteiger charge is -2.11. The van der Waals surface area contributed by atoms with Gasteiger partial charge in [0.15, 0.2) is 0 Å². The van der Waals surface area contributed by atoms with Crippen molar-refractivity contribution in [1.82, 2.24) is 0 Å². The number of rotatable bonds is 4. The molecule has 1 atom stereocenters. The molecule has 0 saturated carbocycles. The van der Waals surface area contributed by atoms with E-state index in [1.807, 2.05) is 12.1 Å². The summed E-state index contributed by atoms with van der Waals surface area (Å²) in [5.74, 6) is 0.464. The Morgan fingerprint density at radius 1 is 1.17 bits per heavy atom. The van der Waals surface area contributed by atoms with Crippen LogP contribution in [0.1, 0.15) is 17.2 Å². The molecule has 0 heterocycles. The first-order chi connectivity index (χ1) is 8.69. The summed E-state index contributed by atoms with van der Waals surface area (Å²) in [5, 5.41) is 10.1. The largest absolute Gasteiger partial charge is 0.497 e. The van der Waals surface area contributed by atoms with Crippen LogP contribution in [0, 0.1) is 5.82 Å². The maximum atomic E-state index is 13.0. The van der Waals surface area contributed by atoms with Gasteiger partial charge in [-0.2, -0.15) is 0 Å². The van der Waals surface area contributed by atoms with Gasteiger partial charge in [0.2, 0.25) is 0 Å². The number of hydrogen-bond donors (Lipinski definition) is 1. The van der Waals surface area contributed by atoms with Crippen molar-refractivity contribution in [3.63, 3.8) is 0 Å². The van der Waals surface area contributed by atoms with E-state index in [1.165, 1.54) is 12.1 Å². The lowest BCUT2D eigenvalue weighted by Crippen LogP contribution is -2.02. The maximum absolute atomic E-state index is 13.0. The van der Waals surface area contributed by atoms with Crippen molar-refractivity contribution in [3.8, 4) is 5.75 Å². The van der Waals surface area contributed by atoms with Gasteiger partial charge in [0.05, 0.1) is 13.2 Å². The van der Waals surface area contributed by atoms with E-state index in [4.69, 9.17) is 4.74 Å². The van der Waals surface area contributed by atoms with E-state index in [2.05, 4.69) is 0 Å². The Morgan fingerprint density at radius 2 is 1.89 bits per heavy atom. The van der Waals surface area contributed by atoms with Gasteiger partial charge in [-0.1, -0.05) is 24.3 Å². The minimum atomic E-state index is -0.641. The number of benzene rings is 2. The third-order valence-corrected chi connectivity index (χ3v) is 2.82. The Hall–Kier alpha value is -1.87. The molecule has 0 amide bonds. The third kappa shape index (κ3) is 3.08. The first-order valence-corrected chi connectivity index (χ1v) is 5.75. The Kier molecular flexibility index (Phi) is 3.95. The molecule has 0 fully saturated rings. The Bertz CT molecular complexity index is 508. The highest BCUT2D eigenvalue weighted by Gasteiger charge is 2.09. The molecule has 1 unspecified atom stereocenters. The van der Waals surface area contributed by atoms with E-state index in [9.17, 15) is 9.50 Å². The molecule has 0 saturated heterocycles. The average molecular weight is 246 g/mol. The van der Waals surface area contributed by atoms with E-state index in [-0.39, 0.29) is 5.82 Å². The summed E-state index contributed by atoms with van der Waals surface area (Å²) >= 11 is 0. The predicted molar refractivity (Wildman–Crippen MR) is 68.1 cm³/mol. The molecule has 2 nitrogen and oxygen atoms in total. The normalized spacial score (nSPS) is 12.2. The van der Waals surface area contributed by atoms with Crippen molar-refractivity contribution in [2.75, 3.05) is 7.11 Å². The zero-order valence-electron chi connectivity index (χ0n) is 10.1. The second-order valence-electron chi connectivity index (χ2n) is 4.12. The molecule has 0 aliphatic rings. The molecule has 1 N–H and O–H groups in total. The van der Waals surface area contributed by atoms with Gasteiger partial charge in [-0.3, -0.25) is 0 Å². The second kappa shape index (κ2) is 5.65. The Morgan fingerprint density at radius 3 is 2.50 bits per heavy atom. The molecule has 2 aromatic carbocycles. The Balaban J connectivity index is 2.09. The second-order valence-corrected chi connectivity index (χ2v) is 4.12. The van der Waals surface area contributed by atoms with E-state index >= 15 is 0 Å². The minimum absolute atomic E-state index is 0.283. The van der Waals surface area contributed by atoms with Crippen LogP contribution in [0.4, 0.5) is 4.39 Å². The molecule has 18 heavy (non-hydrogen) atoms. The smallest absolute Gasteiger partial charge is 0.123 e. The number of ether oxygens (including phenoxy) is 1. The fourth-order valence-corrected chi connectivity index (χ4v) is 1.83. The van der Waals surface area contributed by atoms with Gasteiger partial charge >= 0.3 is 0 Å². The molecule has 0 aliphatic heterocycles. The van der Waals surface area contributed by atoms with Crippen molar-refractivity contribution < 1.29 is 14.2 Å². The maximum Gasteiger partial charge on any atom is 0.123 e. The van der Waals surface area contributed by atoms with Gasteiger partial charge < -0.3 is 9.84 Å². The summed E-state index contributed by atoms with van der Waals surface area (Å²) in [6.07, 6.45) is -0.248. The molecule has 0 bridgehead atoms. The topological polar surface area (TPSA) is 29.5 Å². The molecule has 0 aliphatic carbocycles. The number of aliphatic hydroxyl groups excluding tert-OH is 1. The molecule has 94 valence electrons. The van der Waals surface area contributed by atoms with Gasteiger partial charge in [0, 0.05) is 6.42 Å². The summed E-state index contributed by atoms with van der Waals surface area (Å²) < 4.78 is 18.1. The summed E-state index contributed by atoms with van der Waals surface area (Å²) in [5.41, 5.74) is 1.57. The standard InChI is InChI=1S/C15H15FO2/c1-18-14-7-5-12(6-8-14)15(17)10-11-3-2-4-13(16)9-11/h2-9,15,17H,10H2,1H3. The molecule has 2 aromatic rings. The SMILES string of the molecule is COc1ccc(C(O)Cc2cccc(F)c2)cc1. The molecule has 0 radical (unpaired) electrons. The average Bonchev–Trinajstić information content (AvgIpc) is 2.39. The van der Waals surface area contributed by atoms with E-state index in [0.717, 1.165) is 16.9 Å². The lowest BCUT2D eigenvalue weighted by molar-refractivity contribution is 0.178. The summed E-state index contributed by atoms with van der Waals surface area (Å²) in [6.45, 7) is 0. The fraction of sp³-hybridized carbons (Fsp3) is 0.200. The third-order valence-electron chi connectivity index (χ3n) is 2.82. The molecule has 0 spiro atoms. The van der Waals surface area contributed by atoms with Crippen LogP contribution in [0.3, 0.4) is 0 Å². The number of halogens is 1. The van der Waals surface area contributed by atoms with Crippen molar-refractivity contribution in [2.45, 2.75) is 12.5 Å². The van der Waals surface area contributed by atoms with Crippen molar-refractivity contribution in [3.05, 3.63) is 65.5 Å². The highest BCUT2D eigenvalue weighted by molar-refractivity contribution is 5.29. The predicted octanol–water partition coefficient (Wildman–Crippen LogP) is 3.11. The fourth-order valence-electron chi connectivity index (χ4n) is 1.83. The highest BCUT2D eigenvalue weighted by atomic mass is 19.1. The summed E-state index contributed by atoms with van der Waals surface area (Å²) in [7, 11) is 1.60. The molecule has 2 rings (SSSR count). The zero-order chi connectivity index (χ0) is 13.0. The van der Waals surface area contributed by atoms with Gasteiger partial charge in [0.1, 0.15) is 11.6 Å². The van der Waals surface area contributed by atoms with Crippen LogP contribution in [0.15, 0.2) is 48.5 Å². The first-order valence-electron chi connectivity index (χ1n) is 5.75.